The number of hydrogen-bond acceptors (Lipinski definition) is 4. The van der Waals surface area contributed by atoms with Crippen LogP contribution in [-0.4, -0.2) is 58.3 Å². The fraction of sp³-hybridized carbons (Fsp3) is 0.619. The molecule has 1 heterocycles. The van der Waals surface area contributed by atoms with Crippen molar-refractivity contribution in [3.8, 4) is 0 Å². The molecule has 1 saturated heterocycles. The molecular weight excluding hydrogens is 386 g/mol. The van der Waals surface area contributed by atoms with Gasteiger partial charge in [-0.15, -0.1) is 0 Å². The van der Waals surface area contributed by atoms with E-state index in [4.69, 9.17) is 9.47 Å². The minimum absolute atomic E-state index is 0.152. The van der Waals surface area contributed by atoms with E-state index in [9.17, 15) is 9.59 Å². The first-order valence-electron chi connectivity index (χ1n) is 10.3. The highest BCUT2D eigenvalue weighted by molar-refractivity contribution is 6.11. The average molecular weight is 422 g/mol. The van der Waals surface area contributed by atoms with Crippen molar-refractivity contribution < 1.29 is 19.1 Å². The standard InChI is InChI=1S/C21H35N3O4Si/c1-14(2)19(25)24-12-18(28-21(4,5)27-13-15(3)29)17(22-20(26)23-24)11-16-9-7-6-8-10-16/h6-10,14-15,17-18H,11-13H2,1-5,29H3,(H2,22,23,26)/t15?,17-,18-/m1/s1. The van der Waals surface area contributed by atoms with Gasteiger partial charge in [0.15, 0.2) is 5.79 Å². The van der Waals surface area contributed by atoms with Crippen molar-refractivity contribution in [2.75, 3.05) is 13.2 Å². The van der Waals surface area contributed by atoms with Crippen molar-refractivity contribution in [3.05, 3.63) is 35.9 Å². The lowest BCUT2D eigenvalue weighted by molar-refractivity contribution is -0.243. The van der Waals surface area contributed by atoms with Crippen LogP contribution in [0.5, 0.6) is 0 Å². The first kappa shape index (κ1) is 23.4. The summed E-state index contributed by atoms with van der Waals surface area (Å²) < 4.78 is 12.3. The van der Waals surface area contributed by atoms with Crippen LogP contribution < -0.4 is 10.7 Å². The van der Waals surface area contributed by atoms with Crippen LogP contribution in [0.4, 0.5) is 4.79 Å². The summed E-state index contributed by atoms with van der Waals surface area (Å²) in [6, 6.07) is 9.22. The molecule has 1 aromatic rings. The molecule has 8 heteroatoms. The highest BCUT2D eigenvalue weighted by Gasteiger charge is 2.37. The van der Waals surface area contributed by atoms with E-state index < -0.39 is 17.9 Å². The van der Waals surface area contributed by atoms with Crippen molar-refractivity contribution in [2.45, 2.75) is 64.5 Å². The molecule has 2 rings (SSSR count). The number of nitrogens with one attached hydrogen (secondary N) is 2. The lowest BCUT2D eigenvalue weighted by atomic mass is 10.0. The van der Waals surface area contributed by atoms with Gasteiger partial charge in [-0.25, -0.2) is 15.2 Å². The highest BCUT2D eigenvalue weighted by atomic mass is 28.1. The van der Waals surface area contributed by atoms with Crippen LogP contribution in [0.2, 0.25) is 5.54 Å². The minimum Gasteiger partial charge on any atom is -0.351 e. The molecule has 3 atom stereocenters. The smallest absolute Gasteiger partial charge is 0.333 e. The van der Waals surface area contributed by atoms with Crippen molar-refractivity contribution in [1.82, 2.24) is 15.8 Å². The Labute approximate surface area is 176 Å². The van der Waals surface area contributed by atoms with E-state index in [2.05, 4.69) is 17.7 Å². The SMILES string of the molecule is CC([SiH3])COC(C)(C)O[C@@H]1CN(C(=O)C(C)C)NC(=O)N[C@@H]1Cc1ccccc1. The molecule has 0 spiro atoms. The molecule has 7 nitrogen and oxygen atoms in total. The zero-order valence-electron chi connectivity index (χ0n) is 18.4. The van der Waals surface area contributed by atoms with Gasteiger partial charge in [-0.05, 0) is 31.4 Å². The average Bonchev–Trinajstić information content (AvgIpc) is 2.78. The number of nitrogens with zero attached hydrogens (tertiary/aromatic N) is 1. The number of amides is 3. The number of rotatable bonds is 8. The summed E-state index contributed by atoms with van der Waals surface area (Å²) in [5.41, 5.74) is 4.25. The molecule has 1 fully saturated rings. The molecule has 29 heavy (non-hydrogen) atoms. The van der Waals surface area contributed by atoms with Crippen molar-refractivity contribution in [1.29, 1.82) is 0 Å². The Morgan fingerprint density at radius 3 is 2.52 bits per heavy atom. The third kappa shape index (κ3) is 7.45. The minimum atomic E-state index is -0.833. The molecule has 1 aliphatic rings. The molecule has 2 N–H and O–H groups in total. The maximum atomic E-state index is 12.6. The van der Waals surface area contributed by atoms with E-state index in [0.717, 1.165) is 15.8 Å². The number of carbonyl (C=O) groups is 2. The van der Waals surface area contributed by atoms with E-state index >= 15 is 0 Å². The van der Waals surface area contributed by atoms with Crippen LogP contribution in [0.3, 0.4) is 0 Å². The largest absolute Gasteiger partial charge is 0.351 e. The Morgan fingerprint density at radius 2 is 1.93 bits per heavy atom. The molecular formula is C21H35N3O4Si. The van der Waals surface area contributed by atoms with E-state index in [1.54, 1.807) is 0 Å². The van der Waals surface area contributed by atoms with E-state index in [0.29, 0.717) is 18.6 Å². The molecule has 1 aromatic carbocycles. The number of benzene rings is 1. The summed E-state index contributed by atoms with van der Waals surface area (Å²) in [5.74, 6) is -1.22. The van der Waals surface area contributed by atoms with E-state index in [1.165, 1.54) is 5.01 Å². The Morgan fingerprint density at radius 1 is 1.28 bits per heavy atom. The number of carbonyl (C=O) groups excluding carboxylic acids is 2. The second-order valence-corrected chi connectivity index (χ2v) is 10.7. The summed E-state index contributed by atoms with van der Waals surface area (Å²) in [7, 11) is 1.04. The quantitative estimate of drug-likeness (QED) is 0.494. The molecule has 3 amide bonds. The number of ether oxygens (including phenoxy) is 2. The van der Waals surface area contributed by atoms with Gasteiger partial charge in [0.1, 0.15) is 6.10 Å². The Kier molecular flexibility index (Phi) is 8.24. The highest BCUT2D eigenvalue weighted by Crippen LogP contribution is 2.22. The van der Waals surface area contributed by atoms with Gasteiger partial charge in [-0.2, -0.15) is 0 Å². The second-order valence-electron chi connectivity index (χ2n) is 8.75. The monoisotopic (exact) mass is 421 g/mol. The van der Waals surface area contributed by atoms with Gasteiger partial charge in [0, 0.05) is 22.8 Å². The third-order valence-corrected chi connectivity index (χ3v) is 4.96. The van der Waals surface area contributed by atoms with Crippen LogP contribution in [-0.2, 0) is 20.7 Å². The van der Waals surface area contributed by atoms with Gasteiger partial charge in [-0.3, -0.25) is 4.79 Å². The molecule has 0 saturated carbocycles. The van der Waals surface area contributed by atoms with E-state index in [1.807, 2.05) is 58.0 Å². The lowest BCUT2D eigenvalue weighted by Crippen LogP contribution is -2.51. The van der Waals surface area contributed by atoms with Crippen LogP contribution in [0.15, 0.2) is 30.3 Å². The molecule has 1 unspecified atom stereocenters. The maximum absolute atomic E-state index is 12.6. The fourth-order valence-electron chi connectivity index (χ4n) is 3.16. The topological polar surface area (TPSA) is 79.9 Å². The van der Waals surface area contributed by atoms with Crippen LogP contribution >= 0.6 is 0 Å². The van der Waals surface area contributed by atoms with E-state index in [-0.39, 0.29) is 24.4 Å². The fourth-order valence-corrected chi connectivity index (χ4v) is 3.33. The summed E-state index contributed by atoms with van der Waals surface area (Å²) in [6.07, 6.45) is 0.159. The summed E-state index contributed by atoms with van der Waals surface area (Å²) in [6.45, 7) is 10.4. The predicted octanol–water partition coefficient (Wildman–Crippen LogP) is 1.62. The summed E-state index contributed by atoms with van der Waals surface area (Å²) in [5, 5.41) is 4.33. The Hall–Kier alpha value is -1.90. The normalized spacial score (nSPS) is 21.4. The number of urea groups is 1. The number of hydrazine groups is 1. The Bertz CT molecular complexity index is 682. The van der Waals surface area contributed by atoms with Crippen molar-refractivity contribution in [3.63, 3.8) is 0 Å². The van der Waals surface area contributed by atoms with Crippen molar-refractivity contribution >= 4 is 22.2 Å². The van der Waals surface area contributed by atoms with Crippen molar-refractivity contribution in [2.24, 2.45) is 5.92 Å². The number of hydrogen-bond donors (Lipinski definition) is 2. The van der Waals surface area contributed by atoms with Gasteiger partial charge >= 0.3 is 6.03 Å². The maximum Gasteiger partial charge on any atom is 0.333 e. The van der Waals surface area contributed by atoms with Gasteiger partial charge in [0.05, 0.1) is 12.6 Å². The summed E-state index contributed by atoms with van der Waals surface area (Å²) in [4.78, 5) is 25.0. The Balaban J connectivity index is 2.25. The zero-order valence-corrected chi connectivity index (χ0v) is 20.4. The molecule has 0 aliphatic carbocycles. The lowest BCUT2D eigenvalue weighted by Gasteiger charge is -2.35. The van der Waals surface area contributed by atoms with Crippen LogP contribution in [0, 0.1) is 5.92 Å². The van der Waals surface area contributed by atoms with Gasteiger partial charge < -0.3 is 14.8 Å². The van der Waals surface area contributed by atoms with Crippen LogP contribution in [0.25, 0.3) is 0 Å². The first-order chi connectivity index (χ1) is 13.6. The second kappa shape index (κ2) is 10.2. The molecule has 162 valence electrons. The molecule has 1 aliphatic heterocycles. The van der Waals surface area contributed by atoms with Gasteiger partial charge in [0.25, 0.3) is 0 Å². The first-order valence-corrected chi connectivity index (χ1v) is 11.5. The van der Waals surface area contributed by atoms with Gasteiger partial charge in [-0.1, -0.05) is 51.1 Å². The third-order valence-electron chi connectivity index (χ3n) is 4.62. The zero-order chi connectivity index (χ0) is 21.6. The molecule has 0 bridgehead atoms. The molecule has 0 aromatic heterocycles. The molecule has 0 radical (unpaired) electrons. The predicted molar refractivity (Wildman–Crippen MR) is 116 cm³/mol. The van der Waals surface area contributed by atoms with Gasteiger partial charge in [0.2, 0.25) is 5.91 Å². The van der Waals surface area contributed by atoms with Crippen LogP contribution in [0.1, 0.15) is 40.2 Å². The summed E-state index contributed by atoms with van der Waals surface area (Å²) >= 11 is 0.